The van der Waals surface area contributed by atoms with Crippen LogP contribution in [0.5, 0.6) is 0 Å². The van der Waals surface area contributed by atoms with Gasteiger partial charge < -0.3 is 5.11 Å². The first-order valence-electron chi connectivity index (χ1n) is 8.09. The molecule has 0 spiro atoms. The molecule has 1 amide bonds. The van der Waals surface area contributed by atoms with E-state index in [0.29, 0.717) is 10.9 Å². The lowest BCUT2D eigenvalue weighted by Crippen LogP contribution is -2.31. The molecule has 1 aromatic heterocycles. The van der Waals surface area contributed by atoms with Crippen molar-refractivity contribution in [3.8, 4) is 0 Å². The van der Waals surface area contributed by atoms with Crippen molar-refractivity contribution in [1.82, 2.24) is 0 Å². The molecule has 1 aliphatic heterocycles. The zero-order valence-electron chi connectivity index (χ0n) is 14.2. The Kier molecular flexibility index (Phi) is 4.91. The second kappa shape index (κ2) is 6.99. The van der Waals surface area contributed by atoms with E-state index in [0.717, 1.165) is 17.0 Å². The number of ketones is 1. The molecule has 0 fully saturated rings. The van der Waals surface area contributed by atoms with Crippen molar-refractivity contribution in [1.29, 1.82) is 0 Å². The molecular formula is C19H17F2NO3S. The monoisotopic (exact) mass is 377 g/mol. The van der Waals surface area contributed by atoms with Crippen molar-refractivity contribution in [3.63, 3.8) is 0 Å². The second-order valence-electron chi connectivity index (χ2n) is 6.47. The molecule has 1 aromatic carbocycles. The average Bonchev–Trinajstić information content (AvgIpc) is 3.15. The van der Waals surface area contributed by atoms with Gasteiger partial charge >= 0.3 is 0 Å². The van der Waals surface area contributed by atoms with Crippen LogP contribution in [0.15, 0.2) is 47.0 Å². The van der Waals surface area contributed by atoms with Crippen LogP contribution in [0.1, 0.15) is 31.2 Å². The number of nitrogens with zero attached hydrogens (tertiary/aromatic N) is 1. The highest BCUT2D eigenvalue weighted by Crippen LogP contribution is 2.43. The van der Waals surface area contributed by atoms with Gasteiger partial charge in [0.2, 0.25) is 0 Å². The summed E-state index contributed by atoms with van der Waals surface area (Å²) in [6.07, 6.45) is 0.147. The number of hydrogen-bond acceptors (Lipinski definition) is 4. The summed E-state index contributed by atoms with van der Waals surface area (Å²) < 4.78 is 27.6. The van der Waals surface area contributed by atoms with E-state index in [-0.39, 0.29) is 29.4 Å². The maximum Gasteiger partial charge on any atom is 0.294 e. The van der Waals surface area contributed by atoms with Crippen LogP contribution in [0, 0.1) is 17.6 Å². The first-order valence-corrected chi connectivity index (χ1v) is 8.97. The van der Waals surface area contributed by atoms with Gasteiger partial charge in [-0.05, 0) is 29.5 Å². The quantitative estimate of drug-likeness (QED) is 0.832. The van der Waals surface area contributed by atoms with Crippen LogP contribution in [0.2, 0.25) is 0 Å². The van der Waals surface area contributed by atoms with Crippen LogP contribution in [0.25, 0.3) is 0 Å². The van der Waals surface area contributed by atoms with Crippen LogP contribution >= 0.6 is 11.3 Å². The maximum atomic E-state index is 14.3. The molecule has 0 bridgehead atoms. The number of carbonyl (C=O) groups is 2. The Morgan fingerprint density at radius 1 is 1.31 bits per heavy atom. The molecule has 1 atom stereocenters. The first-order chi connectivity index (χ1) is 12.3. The fraction of sp³-hybridized carbons (Fsp3) is 0.263. The van der Waals surface area contributed by atoms with Gasteiger partial charge in [0.25, 0.3) is 5.91 Å². The van der Waals surface area contributed by atoms with Gasteiger partial charge in [0, 0.05) is 17.4 Å². The standard InChI is InChI=1S/C19H17F2NO3S/c1-10(2)8-14(23)16-17(15-4-3-7-26-15)22(19(25)18(16)24)13-6-5-11(20)9-12(13)21/h3-7,9-10,17,24H,8H2,1-2H3. The predicted octanol–water partition coefficient (Wildman–Crippen LogP) is 4.54. The molecule has 0 saturated heterocycles. The van der Waals surface area contributed by atoms with E-state index in [4.69, 9.17) is 0 Å². The highest BCUT2D eigenvalue weighted by Gasteiger charge is 2.45. The summed E-state index contributed by atoms with van der Waals surface area (Å²) in [6, 6.07) is 5.34. The molecule has 3 rings (SSSR count). The number of anilines is 1. The van der Waals surface area contributed by atoms with E-state index in [1.165, 1.54) is 11.3 Å². The number of Topliss-reactive ketones (excluding diaryl/α,β-unsaturated/α-hetero) is 1. The molecule has 1 aliphatic rings. The SMILES string of the molecule is CC(C)CC(=O)C1=C(O)C(=O)N(c2ccc(F)cc2F)C1c1cccs1. The maximum absolute atomic E-state index is 14.3. The molecule has 0 radical (unpaired) electrons. The normalized spacial score (nSPS) is 17.5. The van der Waals surface area contributed by atoms with E-state index >= 15 is 0 Å². The molecule has 136 valence electrons. The fourth-order valence-corrected chi connectivity index (χ4v) is 3.84. The fourth-order valence-electron chi connectivity index (χ4n) is 3.01. The van der Waals surface area contributed by atoms with Crippen molar-refractivity contribution in [2.75, 3.05) is 4.90 Å². The highest BCUT2D eigenvalue weighted by atomic mass is 32.1. The summed E-state index contributed by atoms with van der Waals surface area (Å²) in [7, 11) is 0. The Labute approximate surface area is 153 Å². The number of amides is 1. The highest BCUT2D eigenvalue weighted by molar-refractivity contribution is 7.10. The van der Waals surface area contributed by atoms with Gasteiger partial charge in [-0.25, -0.2) is 8.78 Å². The minimum Gasteiger partial charge on any atom is -0.503 e. The molecule has 1 unspecified atom stereocenters. The number of hydrogen-bond donors (Lipinski definition) is 1. The third-order valence-electron chi connectivity index (χ3n) is 4.08. The molecule has 1 N–H and O–H groups in total. The van der Waals surface area contributed by atoms with Gasteiger partial charge in [0.15, 0.2) is 11.5 Å². The van der Waals surface area contributed by atoms with Gasteiger partial charge in [0.05, 0.1) is 11.3 Å². The van der Waals surface area contributed by atoms with Gasteiger partial charge in [-0.2, -0.15) is 0 Å². The minimum absolute atomic E-state index is 0.0264. The van der Waals surface area contributed by atoms with Crippen LogP contribution in [0.4, 0.5) is 14.5 Å². The summed E-state index contributed by atoms with van der Waals surface area (Å²) in [5.74, 6) is -3.62. The van der Waals surface area contributed by atoms with E-state index in [1.54, 1.807) is 17.5 Å². The number of thiophene rings is 1. The van der Waals surface area contributed by atoms with Crippen molar-refractivity contribution < 1.29 is 23.5 Å². The zero-order chi connectivity index (χ0) is 19.0. The molecule has 2 aromatic rings. The molecule has 0 aliphatic carbocycles. The Bertz CT molecular complexity index is 890. The summed E-state index contributed by atoms with van der Waals surface area (Å²) in [5, 5.41) is 12.1. The Balaban J connectivity index is 2.14. The topological polar surface area (TPSA) is 57.6 Å². The van der Waals surface area contributed by atoms with Crippen LogP contribution in [-0.4, -0.2) is 16.8 Å². The van der Waals surface area contributed by atoms with Crippen molar-refractivity contribution in [3.05, 3.63) is 63.6 Å². The lowest BCUT2D eigenvalue weighted by molar-refractivity contribution is -0.118. The van der Waals surface area contributed by atoms with Crippen LogP contribution in [-0.2, 0) is 9.59 Å². The van der Waals surface area contributed by atoms with E-state index in [2.05, 4.69) is 0 Å². The van der Waals surface area contributed by atoms with Crippen LogP contribution in [0.3, 0.4) is 0 Å². The molecule has 4 nitrogen and oxygen atoms in total. The summed E-state index contributed by atoms with van der Waals surface area (Å²) in [5.41, 5.74) is -0.233. The van der Waals surface area contributed by atoms with E-state index < -0.39 is 29.3 Å². The summed E-state index contributed by atoms with van der Waals surface area (Å²) >= 11 is 1.28. The lowest BCUT2D eigenvalue weighted by Gasteiger charge is -2.26. The zero-order valence-corrected chi connectivity index (χ0v) is 15.0. The van der Waals surface area contributed by atoms with Crippen molar-refractivity contribution >= 4 is 28.7 Å². The Morgan fingerprint density at radius 3 is 2.62 bits per heavy atom. The van der Waals surface area contributed by atoms with Crippen LogP contribution < -0.4 is 4.90 Å². The Morgan fingerprint density at radius 2 is 2.04 bits per heavy atom. The van der Waals surface area contributed by atoms with Gasteiger partial charge in [-0.3, -0.25) is 14.5 Å². The van der Waals surface area contributed by atoms with Crippen molar-refractivity contribution in [2.45, 2.75) is 26.3 Å². The third kappa shape index (κ3) is 3.14. The minimum atomic E-state index is -0.940. The smallest absolute Gasteiger partial charge is 0.294 e. The summed E-state index contributed by atoms with van der Waals surface area (Å²) in [6.45, 7) is 3.70. The van der Waals surface area contributed by atoms with E-state index in [1.807, 2.05) is 13.8 Å². The predicted molar refractivity (Wildman–Crippen MR) is 95.0 cm³/mol. The molecule has 2 heterocycles. The molecule has 26 heavy (non-hydrogen) atoms. The number of aliphatic hydroxyl groups excluding tert-OH is 1. The van der Waals surface area contributed by atoms with Gasteiger partial charge in [-0.1, -0.05) is 19.9 Å². The van der Waals surface area contributed by atoms with Gasteiger partial charge in [-0.15, -0.1) is 11.3 Å². The number of carbonyl (C=O) groups excluding carboxylic acids is 2. The second-order valence-corrected chi connectivity index (χ2v) is 7.45. The first kappa shape index (κ1) is 18.3. The number of benzene rings is 1. The summed E-state index contributed by atoms with van der Waals surface area (Å²) in [4.78, 5) is 27.0. The van der Waals surface area contributed by atoms with E-state index in [9.17, 15) is 23.5 Å². The molecular weight excluding hydrogens is 360 g/mol. The average molecular weight is 377 g/mol. The molecule has 7 heteroatoms. The Hall–Kier alpha value is -2.54. The van der Waals surface area contributed by atoms with Gasteiger partial charge in [0.1, 0.15) is 17.7 Å². The molecule has 0 saturated carbocycles. The number of aliphatic hydroxyl groups is 1. The van der Waals surface area contributed by atoms with Crippen molar-refractivity contribution in [2.24, 2.45) is 5.92 Å². The third-order valence-corrected chi connectivity index (χ3v) is 5.01. The lowest BCUT2D eigenvalue weighted by atomic mass is 9.95. The number of rotatable bonds is 5. The largest absolute Gasteiger partial charge is 0.503 e. The number of halogens is 2.